The van der Waals surface area contributed by atoms with Crippen LogP contribution in [0.2, 0.25) is 0 Å². The fraction of sp³-hybridized carbons (Fsp3) is 0.0385. The lowest BCUT2D eigenvalue weighted by atomic mass is 10.1. The van der Waals surface area contributed by atoms with E-state index in [1.165, 1.54) is 10.8 Å². The van der Waals surface area contributed by atoms with Crippen molar-refractivity contribution in [2.24, 2.45) is 4.99 Å². The standard InChI is InChI=1S/C26H20N2O/c1-29-22-13-14-25-23(16-22)24(26(28-25)19-8-3-2-4-9-19)17-27-21-12-11-18-7-5-6-10-20(18)15-21/h2-17,28H,1H3. The lowest BCUT2D eigenvalue weighted by Gasteiger charge is -2.02. The number of benzene rings is 4. The summed E-state index contributed by atoms with van der Waals surface area (Å²) in [4.78, 5) is 8.36. The van der Waals surface area contributed by atoms with Gasteiger partial charge < -0.3 is 9.72 Å². The fourth-order valence-electron chi connectivity index (χ4n) is 3.68. The maximum atomic E-state index is 5.44. The van der Waals surface area contributed by atoms with Crippen LogP contribution in [0.3, 0.4) is 0 Å². The molecule has 0 saturated carbocycles. The van der Waals surface area contributed by atoms with Crippen molar-refractivity contribution in [2.75, 3.05) is 7.11 Å². The molecular weight excluding hydrogens is 356 g/mol. The number of nitrogens with one attached hydrogen (secondary N) is 1. The van der Waals surface area contributed by atoms with Crippen LogP contribution in [-0.4, -0.2) is 18.3 Å². The van der Waals surface area contributed by atoms with Crippen molar-refractivity contribution in [3.05, 3.63) is 96.6 Å². The molecule has 1 N–H and O–H groups in total. The highest BCUT2D eigenvalue weighted by Crippen LogP contribution is 2.32. The van der Waals surface area contributed by atoms with E-state index in [1.54, 1.807) is 7.11 Å². The monoisotopic (exact) mass is 376 g/mol. The lowest BCUT2D eigenvalue weighted by Crippen LogP contribution is -1.86. The zero-order valence-corrected chi connectivity index (χ0v) is 16.1. The average molecular weight is 376 g/mol. The topological polar surface area (TPSA) is 37.4 Å². The molecule has 29 heavy (non-hydrogen) atoms. The number of hydrogen-bond acceptors (Lipinski definition) is 2. The van der Waals surface area contributed by atoms with E-state index < -0.39 is 0 Å². The van der Waals surface area contributed by atoms with Gasteiger partial charge in [0.1, 0.15) is 5.75 Å². The molecule has 1 aromatic heterocycles. The normalized spacial score (nSPS) is 11.5. The van der Waals surface area contributed by atoms with Crippen molar-refractivity contribution >= 4 is 33.6 Å². The highest BCUT2D eigenvalue weighted by Gasteiger charge is 2.12. The van der Waals surface area contributed by atoms with Crippen LogP contribution in [0.1, 0.15) is 5.56 Å². The van der Waals surface area contributed by atoms with Gasteiger partial charge in [0.05, 0.1) is 18.5 Å². The van der Waals surface area contributed by atoms with Crippen LogP contribution in [0.5, 0.6) is 5.75 Å². The van der Waals surface area contributed by atoms with Crippen LogP contribution in [0.4, 0.5) is 5.69 Å². The minimum Gasteiger partial charge on any atom is -0.497 e. The van der Waals surface area contributed by atoms with E-state index in [2.05, 4.69) is 65.6 Å². The van der Waals surface area contributed by atoms with Gasteiger partial charge in [-0.3, -0.25) is 4.99 Å². The van der Waals surface area contributed by atoms with Gasteiger partial charge in [0.15, 0.2) is 0 Å². The SMILES string of the molecule is COc1ccc2[nH]c(-c3ccccc3)c(C=Nc3ccc4ccccc4c3)c2c1. The zero-order chi connectivity index (χ0) is 19.6. The van der Waals surface area contributed by atoms with Crippen molar-refractivity contribution < 1.29 is 4.74 Å². The average Bonchev–Trinajstić information content (AvgIpc) is 3.15. The number of fused-ring (bicyclic) bond motifs is 2. The number of hydrogen-bond donors (Lipinski definition) is 1. The Hall–Kier alpha value is -3.85. The minimum atomic E-state index is 0.830. The molecule has 5 aromatic rings. The first-order valence-corrected chi connectivity index (χ1v) is 9.60. The molecule has 0 atom stereocenters. The summed E-state index contributed by atoms with van der Waals surface area (Å²) in [6, 6.07) is 31.0. The van der Waals surface area contributed by atoms with E-state index in [1.807, 2.05) is 36.5 Å². The van der Waals surface area contributed by atoms with Crippen LogP contribution in [0, 0.1) is 0 Å². The van der Waals surface area contributed by atoms with Crippen molar-refractivity contribution in [3.63, 3.8) is 0 Å². The van der Waals surface area contributed by atoms with Crippen LogP contribution < -0.4 is 4.74 Å². The molecule has 0 unspecified atom stereocenters. The predicted octanol–water partition coefficient (Wildman–Crippen LogP) is 6.75. The van der Waals surface area contributed by atoms with Crippen LogP contribution in [0.25, 0.3) is 32.9 Å². The summed E-state index contributed by atoms with van der Waals surface area (Å²) >= 11 is 0. The van der Waals surface area contributed by atoms with Gasteiger partial charge in [-0.25, -0.2) is 0 Å². The van der Waals surface area contributed by atoms with Gasteiger partial charge in [0.25, 0.3) is 0 Å². The van der Waals surface area contributed by atoms with Gasteiger partial charge in [0, 0.05) is 22.7 Å². The molecule has 0 aliphatic rings. The number of ether oxygens (including phenoxy) is 1. The third-order valence-corrected chi connectivity index (χ3v) is 5.18. The molecule has 0 fully saturated rings. The summed E-state index contributed by atoms with van der Waals surface area (Å²) in [5, 5.41) is 3.49. The molecule has 5 rings (SSSR count). The summed E-state index contributed by atoms with van der Waals surface area (Å²) in [7, 11) is 1.69. The Bertz CT molecular complexity index is 1330. The van der Waals surface area contributed by atoms with Crippen LogP contribution in [0.15, 0.2) is 96.0 Å². The first-order chi connectivity index (χ1) is 14.3. The molecule has 1 heterocycles. The summed E-state index contributed by atoms with van der Waals surface area (Å²) < 4.78 is 5.44. The van der Waals surface area contributed by atoms with Gasteiger partial charge in [-0.15, -0.1) is 0 Å². The second-order valence-electron chi connectivity index (χ2n) is 6.98. The summed E-state index contributed by atoms with van der Waals surface area (Å²) in [5.74, 6) is 0.830. The Morgan fingerprint density at radius 1 is 0.793 bits per heavy atom. The van der Waals surface area contributed by atoms with E-state index in [0.29, 0.717) is 0 Å². The largest absolute Gasteiger partial charge is 0.497 e. The molecule has 140 valence electrons. The third-order valence-electron chi connectivity index (χ3n) is 5.18. The number of rotatable bonds is 4. The smallest absolute Gasteiger partial charge is 0.119 e. The third kappa shape index (κ3) is 3.27. The number of nitrogens with zero attached hydrogens (tertiary/aromatic N) is 1. The van der Waals surface area contributed by atoms with Crippen LogP contribution >= 0.6 is 0 Å². The first-order valence-electron chi connectivity index (χ1n) is 9.60. The molecule has 0 saturated heterocycles. The van der Waals surface area contributed by atoms with Crippen molar-refractivity contribution in [1.82, 2.24) is 4.98 Å². The fourth-order valence-corrected chi connectivity index (χ4v) is 3.68. The molecule has 0 spiro atoms. The Labute approximate surface area is 169 Å². The number of aliphatic imine (C=N–C) groups is 1. The van der Waals surface area contributed by atoms with E-state index in [9.17, 15) is 0 Å². The van der Waals surface area contributed by atoms with Crippen molar-refractivity contribution in [1.29, 1.82) is 0 Å². The Morgan fingerprint density at radius 3 is 2.41 bits per heavy atom. The molecule has 3 nitrogen and oxygen atoms in total. The van der Waals surface area contributed by atoms with Crippen molar-refractivity contribution in [2.45, 2.75) is 0 Å². The lowest BCUT2D eigenvalue weighted by molar-refractivity contribution is 0.415. The van der Waals surface area contributed by atoms with Crippen molar-refractivity contribution in [3.8, 4) is 17.0 Å². The number of methoxy groups -OCH3 is 1. The summed E-state index contributed by atoms with van der Waals surface area (Å²) in [5.41, 5.74) is 5.23. The predicted molar refractivity (Wildman–Crippen MR) is 121 cm³/mol. The molecule has 4 aromatic carbocycles. The zero-order valence-electron chi connectivity index (χ0n) is 16.1. The van der Waals surface area contributed by atoms with E-state index in [0.717, 1.165) is 39.2 Å². The van der Waals surface area contributed by atoms with E-state index in [-0.39, 0.29) is 0 Å². The number of H-pyrrole nitrogens is 1. The molecular formula is C26H20N2O. The van der Waals surface area contributed by atoms with E-state index in [4.69, 9.17) is 9.73 Å². The molecule has 0 bridgehead atoms. The maximum absolute atomic E-state index is 5.44. The Kier molecular flexibility index (Phi) is 4.34. The molecule has 3 heteroatoms. The Morgan fingerprint density at radius 2 is 1.59 bits per heavy atom. The molecule has 0 aliphatic heterocycles. The van der Waals surface area contributed by atoms with Crippen LogP contribution in [-0.2, 0) is 0 Å². The van der Waals surface area contributed by atoms with Gasteiger partial charge in [-0.2, -0.15) is 0 Å². The summed E-state index contributed by atoms with van der Waals surface area (Å²) in [6.45, 7) is 0. The van der Waals surface area contributed by atoms with E-state index >= 15 is 0 Å². The highest BCUT2D eigenvalue weighted by atomic mass is 16.5. The quantitative estimate of drug-likeness (QED) is 0.346. The van der Waals surface area contributed by atoms with Gasteiger partial charge in [-0.1, -0.05) is 60.7 Å². The first kappa shape index (κ1) is 17.3. The highest BCUT2D eigenvalue weighted by molar-refractivity contribution is 6.07. The van der Waals surface area contributed by atoms with Gasteiger partial charge >= 0.3 is 0 Å². The summed E-state index contributed by atoms with van der Waals surface area (Å²) in [6.07, 6.45) is 1.95. The second kappa shape index (κ2) is 7.28. The molecule has 0 radical (unpaired) electrons. The number of aromatic amines is 1. The maximum Gasteiger partial charge on any atom is 0.119 e. The molecule has 0 aliphatic carbocycles. The number of aromatic nitrogens is 1. The molecule has 0 amide bonds. The second-order valence-corrected chi connectivity index (χ2v) is 6.98. The van der Waals surface area contributed by atoms with Gasteiger partial charge in [-0.05, 0) is 46.7 Å². The van der Waals surface area contributed by atoms with Gasteiger partial charge in [0.2, 0.25) is 0 Å². The minimum absolute atomic E-state index is 0.830. The Balaban J connectivity index is 1.66.